The molecule has 0 radical (unpaired) electrons. The van der Waals surface area contributed by atoms with Crippen LogP contribution in [0.4, 0.5) is 5.82 Å². The van der Waals surface area contributed by atoms with Crippen molar-refractivity contribution in [2.45, 2.75) is 20.8 Å². The number of nitrogens with one attached hydrogen (secondary N) is 1. The number of carbonyl (C=O) groups is 2. The van der Waals surface area contributed by atoms with Gasteiger partial charge in [0, 0.05) is 11.3 Å². The fourth-order valence-electron chi connectivity index (χ4n) is 2.51. The lowest BCUT2D eigenvalue weighted by atomic mass is 9.95. The van der Waals surface area contributed by atoms with Crippen molar-refractivity contribution in [3.8, 4) is 5.82 Å². The van der Waals surface area contributed by atoms with Gasteiger partial charge in [0.15, 0.2) is 11.6 Å². The predicted octanol–water partition coefficient (Wildman–Crippen LogP) is 3.80. The molecule has 28 heavy (non-hydrogen) atoms. The van der Waals surface area contributed by atoms with Gasteiger partial charge in [0.25, 0.3) is 0 Å². The third kappa shape index (κ3) is 3.84. The molecule has 3 aromatic rings. The van der Waals surface area contributed by atoms with Gasteiger partial charge in [-0.15, -0.1) is 11.6 Å². The Morgan fingerprint density at radius 3 is 2.68 bits per heavy atom. The van der Waals surface area contributed by atoms with Gasteiger partial charge in [-0.05, 0) is 39.0 Å². The Morgan fingerprint density at radius 1 is 1.21 bits per heavy atom. The molecule has 0 saturated carbocycles. The summed E-state index contributed by atoms with van der Waals surface area (Å²) in [4.78, 5) is 29.6. The molecule has 0 aliphatic carbocycles. The Balaban J connectivity index is 2.09. The van der Waals surface area contributed by atoms with E-state index in [-0.39, 0.29) is 29.8 Å². The maximum absolute atomic E-state index is 12.7. The maximum Gasteiger partial charge on any atom is 0.343 e. The number of esters is 1. The monoisotopic (exact) mass is 400 g/mol. The first-order chi connectivity index (χ1) is 13.4. The van der Waals surface area contributed by atoms with Crippen molar-refractivity contribution >= 4 is 40.2 Å². The van der Waals surface area contributed by atoms with Crippen LogP contribution in [0.25, 0.3) is 16.7 Å². The van der Waals surface area contributed by atoms with Gasteiger partial charge >= 0.3 is 5.97 Å². The van der Waals surface area contributed by atoms with E-state index in [0.717, 1.165) is 10.9 Å². The van der Waals surface area contributed by atoms with Crippen molar-refractivity contribution in [1.29, 1.82) is 0 Å². The molecule has 0 aliphatic rings. The molecule has 146 valence electrons. The van der Waals surface area contributed by atoms with Crippen LogP contribution in [0.2, 0.25) is 0 Å². The van der Waals surface area contributed by atoms with Crippen LogP contribution in [-0.4, -0.2) is 39.1 Å². The third-order valence-electron chi connectivity index (χ3n) is 4.25. The largest absolute Gasteiger partial charge is 0.462 e. The Hall–Kier alpha value is -2.93. The van der Waals surface area contributed by atoms with Crippen molar-refractivity contribution < 1.29 is 14.3 Å². The predicted molar refractivity (Wildman–Crippen MR) is 108 cm³/mol. The summed E-state index contributed by atoms with van der Waals surface area (Å²) in [7, 11) is 0. The standard InChI is InChI=1S/C20H21ClN4O3/c1-4-28-18(26)14-11-22-25(17(14)24-19(27)20(2,3)12-21)16-10-9-13-7-5-6-8-15(13)23-16/h5-11H,4,12H2,1-3H3,(H,24,27). The van der Waals surface area contributed by atoms with Crippen molar-refractivity contribution in [2.75, 3.05) is 17.8 Å². The fourth-order valence-corrected chi connectivity index (χ4v) is 2.63. The first-order valence-corrected chi connectivity index (χ1v) is 9.39. The zero-order valence-electron chi connectivity index (χ0n) is 15.9. The van der Waals surface area contributed by atoms with Crippen LogP contribution in [0.5, 0.6) is 0 Å². The second kappa shape index (κ2) is 7.98. The number of pyridine rings is 1. The SMILES string of the molecule is CCOC(=O)c1cnn(-c2ccc3ccccc3n2)c1NC(=O)C(C)(C)CCl. The normalized spacial score (nSPS) is 11.4. The number of hydrogen-bond donors (Lipinski definition) is 1. The number of rotatable bonds is 6. The van der Waals surface area contributed by atoms with Crippen molar-refractivity contribution in [3.63, 3.8) is 0 Å². The molecule has 1 aromatic carbocycles. The number of alkyl halides is 1. The molecule has 0 bridgehead atoms. The summed E-state index contributed by atoms with van der Waals surface area (Å²) in [5.74, 6) is -0.127. The minimum Gasteiger partial charge on any atom is -0.462 e. The first kappa shape index (κ1) is 19.8. The number of carbonyl (C=O) groups excluding carboxylic acids is 2. The van der Waals surface area contributed by atoms with E-state index in [1.54, 1.807) is 26.8 Å². The lowest BCUT2D eigenvalue weighted by Crippen LogP contribution is -2.33. The van der Waals surface area contributed by atoms with Crippen LogP contribution >= 0.6 is 11.6 Å². The van der Waals surface area contributed by atoms with Crippen LogP contribution in [-0.2, 0) is 9.53 Å². The summed E-state index contributed by atoms with van der Waals surface area (Å²) in [6.45, 7) is 5.35. The number of nitrogens with zero attached hydrogens (tertiary/aromatic N) is 3. The second-order valence-corrected chi connectivity index (χ2v) is 7.14. The summed E-state index contributed by atoms with van der Waals surface area (Å²) in [6.07, 6.45) is 1.36. The Labute approximate surface area is 167 Å². The van der Waals surface area contributed by atoms with E-state index in [1.807, 2.05) is 30.3 Å². The number of anilines is 1. The molecule has 1 N–H and O–H groups in total. The van der Waals surface area contributed by atoms with Crippen LogP contribution in [0.15, 0.2) is 42.6 Å². The van der Waals surface area contributed by atoms with Gasteiger partial charge in [-0.25, -0.2) is 9.78 Å². The highest BCUT2D eigenvalue weighted by molar-refractivity contribution is 6.20. The number of ether oxygens (including phenoxy) is 1. The van der Waals surface area contributed by atoms with Gasteiger partial charge in [0.1, 0.15) is 5.56 Å². The number of aromatic nitrogens is 3. The lowest BCUT2D eigenvalue weighted by molar-refractivity contribution is -0.123. The van der Waals surface area contributed by atoms with Gasteiger partial charge in [-0.2, -0.15) is 9.78 Å². The van der Waals surface area contributed by atoms with E-state index in [9.17, 15) is 9.59 Å². The molecule has 0 fully saturated rings. The van der Waals surface area contributed by atoms with Crippen molar-refractivity contribution in [2.24, 2.45) is 5.41 Å². The number of fused-ring (bicyclic) bond motifs is 1. The Morgan fingerprint density at radius 2 is 1.96 bits per heavy atom. The van der Waals surface area contributed by atoms with Crippen LogP contribution < -0.4 is 5.32 Å². The molecule has 1 amide bonds. The highest BCUT2D eigenvalue weighted by atomic mass is 35.5. The smallest absolute Gasteiger partial charge is 0.343 e. The summed E-state index contributed by atoms with van der Waals surface area (Å²) in [5.41, 5.74) is 0.0847. The van der Waals surface area contributed by atoms with E-state index < -0.39 is 11.4 Å². The number of halogens is 1. The highest BCUT2D eigenvalue weighted by Crippen LogP contribution is 2.25. The maximum atomic E-state index is 12.7. The molecule has 0 unspecified atom stereocenters. The molecular formula is C20H21ClN4O3. The molecule has 8 heteroatoms. The number of hydrogen-bond acceptors (Lipinski definition) is 5. The van der Waals surface area contributed by atoms with E-state index in [4.69, 9.17) is 16.3 Å². The zero-order chi connectivity index (χ0) is 20.3. The summed E-state index contributed by atoms with van der Waals surface area (Å²) >= 11 is 5.92. The minimum atomic E-state index is -0.834. The molecular weight excluding hydrogens is 380 g/mol. The summed E-state index contributed by atoms with van der Waals surface area (Å²) in [5, 5.41) is 8.01. The lowest BCUT2D eigenvalue weighted by Gasteiger charge is -2.21. The van der Waals surface area contributed by atoms with E-state index >= 15 is 0 Å². The molecule has 0 saturated heterocycles. The van der Waals surface area contributed by atoms with Crippen LogP contribution in [0.3, 0.4) is 0 Å². The molecule has 2 aromatic heterocycles. The van der Waals surface area contributed by atoms with Crippen molar-refractivity contribution in [3.05, 3.63) is 48.2 Å². The third-order valence-corrected chi connectivity index (χ3v) is 4.91. The van der Waals surface area contributed by atoms with Gasteiger partial charge in [-0.1, -0.05) is 18.2 Å². The minimum absolute atomic E-state index is 0.121. The number of amides is 1. The molecule has 0 aliphatic heterocycles. The fraction of sp³-hybridized carbons (Fsp3) is 0.300. The first-order valence-electron chi connectivity index (χ1n) is 8.86. The zero-order valence-corrected chi connectivity index (χ0v) is 16.7. The van der Waals surface area contributed by atoms with Gasteiger partial charge in [-0.3, -0.25) is 4.79 Å². The summed E-state index contributed by atoms with van der Waals surface area (Å²) in [6, 6.07) is 11.3. The number of benzene rings is 1. The molecule has 7 nitrogen and oxygen atoms in total. The van der Waals surface area contributed by atoms with Gasteiger partial charge < -0.3 is 10.1 Å². The van der Waals surface area contributed by atoms with Crippen LogP contribution in [0.1, 0.15) is 31.1 Å². The second-order valence-electron chi connectivity index (χ2n) is 6.87. The molecule has 0 spiro atoms. The van der Waals surface area contributed by atoms with E-state index in [1.165, 1.54) is 10.9 Å². The van der Waals surface area contributed by atoms with Crippen molar-refractivity contribution in [1.82, 2.24) is 14.8 Å². The van der Waals surface area contributed by atoms with E-state index in [0.29, 0.717) is 5.82 Å². The van der Waals surface area contributed by atoms with Gasteiger partial charge in [0.2, 0.25) is 5.91 Å². The average Bonchev–Trinajstić information content (AvgIpc) is 3.11. The number of para-hydroxylation sites is 1. The van der Waals surface area contributed by atoms with Gasteiger partial charge in [0.05, 0.1) is 23.7 Å². The quantitative estimate of drug-likeness (QED) is 0.502. The Bertz CT molecular complexity index is 1030. The topological polar surface area (TPSA) is 86.1 Å². The molecule has 3 rings (SSSR count). The van der Waals surface area contributed by atoms with Crippen LogP contribution in [0, 0.1) is 5.41 Å². The Kier molecular flexibility index (Phi) is 5.65. The van der Waals surface area contributed by atoms with E-state index in [2.05, 4.69) is 15.4 Å². The molecule has 2 heterocycles. The highest BCUT2D eigenvalue weighted by Gasteiger charge is 2.30. The molecule has 0 atom stereocenters. The average molecular weight is 401 g/mol. The summed E-state index contributed by atoms with van der Waals surface area (Å²) < 4.78 is 6.51.